The monoisotopic (exact) mass is 323 g/mol. The van der Waals surface area contributed by atoms with Crippen molar-refractivity contribution in [2.45, 2.75) is 48.8 Å². The average molecular weight is 323 g/mol. The van der Waals surface area contributed by atoms with Crippen LogP contribution in [-0.4, -0.2) is 43.4 Å². The van der Waals surface area contributed by atoms with Crippen molar-refractivity contribution >= 4 is 17.7 Å². The van der Waals surface area contributed by atoms with Crippen molar-refractivity contribution in [3.63, 3.8) is 0 Å². The highest BCUT2D eigenvalue weighted by Gasteiger charge is 2.27. The number of hydrogen-bond acceptors (Lipinski definition) is 4. The summed E-state index contributed by atoms with van der Waals surface area (Å²) in [6, 6.07) is 6.17. The molecule has 1 amide bonds. The molecule has 0 bridgehead atoms. The molecule has 1 atom stereocenters. The Kier molecular flexibility index (Phi) is 6.00. The average Bonchev–Trinajstić information content (AvgIpc) is 3.07. The van der Waals surface area contributed by atoms with E-state index in [1.54, 1.807) is 26.0 Å². The van der Waals surface area contributed by atoms with E-state index in [4.69, 9.17) is 9.47 Å². The van der Waals surface area contributed by atoms with E-state index < -0.39 is 0 Å². The van der Waals surface area contributed by atoms with Crippen molar-refractivity contribution in [3.05, 3.63) is 18.2 Å². The van der Waals surface area contributed by atoms with E-state index in [0.29, 0.717) is 17.5 Å². The molecule has 22 heavy (non-hydrogen) atoms. The summed E-state index contributed by atoms with van der Waals surface area (Å²) in [5, 5.41) is -0.108. The van der Waals surface area contributed by atoms with Crippen LogP contribution in [0, 0.1) is 0 Å². The van der Waals surface area contributed by atoms with Gasteiger partial charge in [0, 0.05) is 18.0 Å². The van der Waals surface area contributed by atoms with Gasteiger partial charge in [-0.2, -0.15) is 0 Å². The zero-order valence-corrected chi connectivity index (χ0v) is 14.6. The lowest BCUT2D eigenvalue weighted by molar-refractivity contribution is -0.130. The summed E-state index contributed by atoms with van der Waals surface area (Å²) < 4.78 is 10.6. The third-order valence-electron chi connectivity index (χ3n) is 4.24. The van der Waals surface area contributed by atoms with Crippen LogP contribution < -0.4 is 9.47 Å². The zero-order valence-electron chi connectivity index (χ0n) is 13.8. The molecule has 1 aromatic carbocycles. The Morgan fingerprint density at radius 3 is 2.45 bits per heavy atom. The second-order valence-corrected chi connectivity index (χ2v) is 7.08. The Labute approximate surface area is 137 Å². The predicted octanol–water partition coefficient (Wildman–Crippen LogP) is 3.59. The van der Waals surface area contributed by atoms with Crippen LogP contribution in [0.15, 0.2) is 23.1 Å². The maximum absolute atomic E-state index is 12.6. The Balaban J connectivity index is 2.01. The number of carbonyl (C=O) groups excluding carboxylic acids is 1. The Bertz CT molecular complexity index is 515. The van der Waals surface area contributed by atoms with Crippen LogP contribution in [0.4, 0.5) is 0 Å². The molecule has 1 aromatic rings. The highest BCUT2D eigenvalue weighted by atomic mass is 32.2. The Hall–Kier alpha value is -1.36. The highest BCUT2D eigenvalue weighted by Crippen LogP contribution is 2.34. The fraction of sp³-hybridized carbons (Fsp3) is 0.588. The van der Waals surface area contributed by atoms with Crippen LogP contribution in [0.25, 0.3) is 0 Å². The molecule has 0 N–H and O–H groups in total. The van der Waals surface area contributed by atoms with Crippen LogP contribution in [0.1, 0.15) is 32.6 Å². The number of hydrogen-bond donors (Lipinski definition) is 0. The van der Waals surface area contributed by atoms with Gasteiger partial charge in [0.25, 0.3) is 0 Å². The normalized spacial score (nSPS) is 16.4. The van der Waals surface area contributed by atoms with E-state index in [0.717, 1.165) is 17.7 Å². The number of methoxy groups -OCH3 is 2. The minimum Gasteiger partial charge on any atom is -0.493 e. The Morgan fingerprint density at radius 1 is 1.23 bits per heavy atom. The quantitative estimate of drug-likeness (QED) is 0.750. The minimum atomic E-state index is -0.108. The zero-order chi connectivity index (χ0) is 16.1. The number of amides is 1. The topological polar surface area (TPSA) is 38.8 Å². The summed E-state index contributed by atoms with van der Waals surface area (Å²) in [6.07, 6.45) is 4.74. The summed E-state index contributed by atoms with van der Waals surface area (Å²) in [5.41, 5.74) is 0. The van der Waals surface area contributed by atoms with Gasteiger partial charge in [-0.3, -0.25) is 4.79 Å². The van der Waals surface area contributed by atoms with Crippen molar-refractivity contribution in [3.8, 4) is 11.5 Å². The van der Waals surface area contributed by atoms with Gasteiger partial charge in [-0.1, -0.05) is 12.8 Å². The summed E-state index contributed by atoms with van der Waals surface area (Å²) in [7, 11) is 5.17. The molecule has 0 saturated heterocycles. The number of ether oxygens (including phenoxy) is 2. The van der Waals surface area contributed by atoms with Gasteiger partial charge < -0.3 is 14.4 Å². The van der Waals surface area contributed by atoms with Crippen molar-refractivity contribution < 1.29 is 14.3 Å². The number of carbonyl (C=O) groups is 1. The van der Waals surface area contributed by atoms with Gasteiger partial charge >= 0.3 is 0 Å². The van der Waals surface area contributed by atoms with Gasteiger partial charge in [-0.25, -0.2) is 0 Å². The summed E-state index contributed by atoms with van der Waals surface area (Å²) in [5.74, 6) is 1.59. The van der Waals surface area contributed by atoms with Crippen molar-refractivity contribution in [2.24, 2.45) is 0 Å². The first-order valence-electron chi connectivity index (χ1n) is 7.72. The second kappa shape index (κ2) is 7.77. The molecule has 0 spiro atoms. The summed E-state index contributed by atoms with van der Waals surface area (Å²) in [6.45, 7) is 1.97. The molecule has 5 heteroatoms. The number of rotatable bonds is 6. The molecule has 2 rings (SSSR count). The molecule has 0 aromatic heterocycles. The third-order valence-corrected chi connectivity index (χ3v) is 5.32. The molecule has 1 saturated carbocycles. The van der Waals surface area contributed by atoms with E-state index in [9.17, 15) is 4.79 Å². The molecule has 4 nitrogen and oxygen atoms in total. The first kappa shape index (κ1) is 17.0. The molecule has 122 valence electrons. The lowest BCUT2D eigenvalue weighted by atomic mass is 10.2. The first-order valence-corrected chi connectivity index (χ1v) is 8.60. The van der Waals surface area contributed by atoms with Crippen molar-refractivity contribution in [1.29, 1.82) is 0 Å². The first-order chi connectivity index (χ1) is 10.6. The van der Waals surface area contributed by atoms with E-state index in [1.807, 2.05) is 37.1 Å². The van der Waals surface area contributed by atoms with E-state index in [-0.39, 0.29) is 11.2 Å². The van der Waals surface area contributed by atoms with Crippen LogP contribution >= 0.6 is 11.8 Å². The van der Waals surface area contributed by atoms with Gasteiger partial charge in [0.1, 0.15) is 0 Å². The van der Waals surface area contributed by atoms with Crippen LogP contribution in [0.3, 0.4) is 0 Å². The van der Waals surface area contributed by atoms with Crippen LogP contribution in [-0.2, 0) is 4.79 Å². The number of nitrogens with zero attached hydrogens (tertiary/aromatic N) is 1. The molecular weight excluding hydrogens is 298 g/mol. The fourth-order valence-electron chi connectivity index (χ4n) is 2.90. The number of thioether (sulfide) groups is 1. The summed E-state index contributed by atoms with van der Waals surface area (Å²) in [4.78, 5) is 15.5. The molecule has 1 fully saturated rings. The predicted molar refractivity (Wildman–Crippen MR) is 89.9 cm³/mol. The summed E-state index contributed by atoms with van der Waals surface area (Å²) >= 11 is 1.56. The molecule has 0 aliphatic heterocycles. The standard InChI is InChI=1S/C17H25NO3S/c1-12(17(19)18(2)13-7-5-6-8-13)22-14-9-10-15(20-3)16(11-14)21-4/h9-13H,5-8H2,1-4H3/t12-/m0/s1. The van der Waals surface area contributed by atoms with Crippen molar-refractivity contribution in [2.75, 3.05) is 21.3 Å². The van der Waals surface area contributed by atoms with Gasteiger partial charge in [-0.15, -0.1) is 11.8 Å². The van der Waals surface area contributed by atoms with E-state index in [1.165, 1.54) is 12.8 Å². The van der Waals surface area contributed by atoms with Gasteiger partial charge in [-0.05, 0) is 38.0 Å². The smallest absolute Gasteiger partial charge is 0.235 e. The molecule has 0 heterocycles. The lowest BCUT2D eigenvalue weighted by Crippen LogP contribution is -2.39. The van der Waals surface area contributed by atoms with Crippen LogP contribution in [0.2, 0.25) is 0 Å². The maximum Gasteiger partial charge on any atom is 0.235 e. The van der Waals surface area contributed by atoms with E-state index in [2.05, 4.69) is 0 Å². The van der Waals surface area contributed by atoms with Gasteiger partial charge in [0.15, 0.2) is 11.5 Å². The molecule has 0 unspecified atom stereocenters. The second-order valence-electron chi connectivity index (χ2n) is 5.66. The van der Waals surface area contributed by atoms with Gasteiger partial charge in [0.2, 0.25) is 5.91 Å². The van der Waals surface area contributed by atoms with E-state index >= 15 is 0 Å². The van der Waals surface area contributed by atoms with Crippen molar-refractivity contribution in [1.82, 2.24) is 4.90 Å². The lowest BCUT2D eigenvalue weighted by Gasteiger charge is -2.27. The highest BCUT2D eigenvalue weighted by molar-refractivity contribution is 8.00. The maximum atomic E-state index is 12.6. The minimum absolute atomic E-state index is 0.108. The third kappa shape index (κ3) is 3.88. The fourth-order valence-corrected chi connectivity index (χ4v) is 3.90. The molecular formula is C17H25NO3S. The molecule has 1 aliphatic rings. The van der Waals surface area contributed by atoms with Gasteiger partial charge in [0.05, 0.1) is 19.5 Å². The largest absolute Gasteiger partial charge is 0.493 e. The number of benzene rings is 1. The SMILES string of the molecule is COc1ccc(S[C@@H](C)C(=O)N(C)C2CCCC2)cc1OC. The molecule has 0 radical (unpaired) electrons. The van der Waals surface area contributed by atoms with Crippen LogP contribution in [0.5, 0.6) is 11.5 Å². The molecule has 1 aliphatic carbocycles. The Morgan fingerprint density at radius 2 is 1.86 bits per heavy atom.